The molecule has 246 valence electrons. The van der Waals surface area contributed by atoms with E-state index in [0.29, 0.717) is 19.4 Å². The number of hydrogen-bond donors (Lipinski definition) is 4. The number of H-pyrrole nitrogens is 1. The fourth-order valence-corrected chi connectivity index (χ4v) is 7.71. The van der Waals surface area contributed by atoms with Crippen LogP contribution in [0.25, 0.3) is 10.9 Å². The minimum Gasteiger partial charge on any atom is -0.481 e. The van der Waals surface area contributed by atoms with E-state index in [1.807, 2.05) is 54.7 Å². The second kappa shape index (κ2) is 12.5. The van der Waals surface area contributed by atoms with Crippen molar-refractivity contribution in [2.24, 2.45) is 16.2 Å². The average molecular weight is 696 g/mol. The zero-order valence-electron chi connectivity index (χ0n) is 27.0. The van der Waals surface area contributed by atoms with Crippen molar-refractivity contribution in [3.8, 4) is 0 Å². The topological polar surface area (TPSA) is 143 Å². The maximum absolute atomic E-state index is 14.3. The van der Waals surface area contributed by atoms with Crippen molar-refractivity contribution < 1.29 is 29.4 Å². The minimum atomic E-state index is -1.14. The summed E-state index contributed by atoms with van der Waals surface area (Å²) in [6, 6.07) is 13.4. The van der Waals surface area contributed by atoms with Crippen LogP contribution < -0.4 is 5.32 Å². The predicted octanol–water partition coefficient (Wildman–Crippen LogP) is 4.50. The number of β-amino-alcohol motifs (C(OH)–C–C–N with tert-alkyl or cyclic N) is 1. The Labute approximate surface area is 277 Å². The summed E-state index contributed by atoms with van der Waals surface area (Å²) in [5.74, 6) is -2.15. The van der Waals surface area contributed by atoms with Gasteiger partial charge in [0.2, 0.25) is 17.7 Å². The van der Waals surface area contributed by atoms with Gasteiger partial charge in [0.1, 0.15) is 12.1 Å². The van der Waals surface area contributed by atoms with E-state index in [9.17, 15) is 29.4 Å². The Hall–Kier alpha value is -3.70. The number of aliphatic carboxylic acids is 1. The number of aliphatic hydroxyl groups excluding tert-OH is 1. The standard InChI is InChI=1S/C35H43BrN4O6/c1-33(2)34(3,14-15-35(33,4)32(45)46)31(44)40-20-23(41)17-28(40)29(42)38-27(16-22-18-37-26-13-9-7-11-24(22)26)30(43)39(5)19-21-10-6-8-12-25(21)36/h6-13,18,23,27-28,37,41H,14-17,19-20H2,1-5H3,(H,38,42)(H,45,46)/t23-,27?,28?,34+,35+/m1/s1. The molecule has 2 aromatic carbocycles. The maximum Gasteiger partial charge on any atom is 0.309 e. The molecule has 3 amide bonds. The first kappa shape index (κ1) is 33.7. The molecule has 1 aromatic heterocycles. The number of benzene rings is 2. The predicted molar refractivity (Wildman–Crippen MR) is 178 cm³/mol. The lowest BCUT2D eigenvalue weighted by Gasteiger charge is -2.46. The number of aromatic nitrogens is 1. The zero-order valence-corrected chi connectivity index (χ0v) is 28.6. The molecule has 2 aliphatic rings. The quantitative estimate of drug-likeness (QED) is 0.260. The number of carboxylic acid groups (broad SMARTS) is 1. The van der Waals surface area contributed by atoms with Gasteiger partial charge in [-0.25, -0.2) is 0 Å². The highest BCUT2D eigenvalue weighted by Gasteiger charge is 2.66. The van der Waals surface area contributed by atoms with Gasteiger partial charge in [-0.05, 0) is 48.4 Å². The van der Waals surface area contributed by atoms with E-state index in [4.69, 9.17) is 0 Å². The van der Waals surface area contributed by atoms with Crippen molar-refractivity contribution in [1.82, 2.24) is 20.1 Å². The van der Waals surface area contributed by atoms with Crippen LogP contribution >= 0.6 is 15.9 Å². The van der Waals surface area contributed by atoms with Crippen molar-refractivity contribution >= 4 is 50.5 Å². The number of likely N-dealkylation sites (tertiary alicyclic amines) is 1. The molecular formula is C35H43BrN4O6. The van der Waals surface area contributed by atoms with Crippen molar-refractivity contribution in [3.05, 3.63) is 70.3 Å². The Bertz CT molecular complexity index is 1670. The van der Waals surface area contributed by atoms with Crippen LogP contribution in [0.15, 0.2) is 59.2 Å². The van der Waals surface area contributed by atoms with Gasteiger partial charge in [0, 0.05) is 54.6 Å². The summed E-state index contributed by atoms with van der Waals surface area (Å²) in [7, 11) is 1.69. The van der Waals surface area contributed by atoms with E-state index < -0.39 is 46.3 Å². The summed E-state index contributed by atoms with van der Waals surface area (Å²) >= 11 is 3.55. The second-order valence-corrected chi connectivity index (χ2v) is 14.7. The fourth-order valence-electron chi connectivity index (χ4n) is 7.30. The van der Waals surface area contributed by atoms with Crippen LogP contribution in [-0.2, 0) is 32.1 Å². The number of fused-ring (bicyclic) bond motifs is 1. The van der Waals surface area contributed by atoms with E-state index in [1.54, 1.807) is 39.6 Å². The number of carbonyl (C=O) groups is 4. The summed E-state index contributed by atoms with van der Waals surface area (Å²) in [4.78, 5) is 60.9. The summed E-state index contributed by atoms with van der Waals surface area (Å²) in [5.41, 5.74) is -0.468. The SMILES string of the molecule is CN(Cc1ccccc1Br)C(=O)C(Cc1c[nH]c2ccccc12)NC(=O)C1C[C@@H](O)CN1C(=O)[C@]1(C)CC[C@@](C)(C(=O)O)C1(C)C. The normalized spacial score (nSPS) is 26.2. The Morgan fingerprint density at radius 1 is 1.02 bits per heavy atom. The first-order valence-electron chi connectivity index (χ1n) is 15.7. The molecule has 11 heteroatoms. The molecule has 1 saturated carbocycles. The number of aromatic amines is 1. The Morgan fingerprint density at radius 3 is 2.35 bits per heavy atom. The highest BCUT2D eigenvalue weighted by molar-refractivity contribution is 9.10. The number of hydrogen-bond acceptors (Lipinski definition) is 5. The molecule has 1 saturated heterocycles. The number of amides is 3. The number of aliphatic hydroxyl groups is 1. The van der Waals surface area contributed by atoms with Gasteiger partial charge in [0.05, 0.1) is 16.9 Å². The lowest BCUT2D eigenvalue weighted by Crippen LogP contribution is -2.58. The van der Waals surface area contributed by atoms with Gasteiger partial charge in [-0.3, -0.25) is 19.2 Å². The smallest absolute Gasteiger partial charge is 0.309 e. The maximum atomic E-state index is 14.3. The molecule has 5 rings (SSSR count). The van der Waals surface area contributed by atoms with Crippen LogP contribution in [0.1, 0.15) is 58.1 Å². The molecule has 0 radical (unpaired) electrons. The van der Waals surface area contributed by atoms with Crippen LogP contribution in [0, 0.1) is 16.2 Å². The van der Waals surface area contributed by atoms with Crippen LogP contribution in [-0.4, -0.2) is 80.5 Å². The van der Waals surface area contributed by atoms with E-state index in [1.165, 1.54) is 4.90 Å². The van der Waals surface area contributed by atoms with Crippen molar-refractivity contribution in [1.29, 1.82) is 0 Å². The molecule has 0 bridgehead atoms. The van der Waals surface area contributed by atoms with Gasteiger partial charge < -0.3 is 30.3 Å². The van der Waals surface area contributed by atoms with Crippen molar-refractivity contribution in [2.45, 2.75) is 78.1 Å². The number of halogens is 1. The Balaban J connectivity index is 1.42. The van der Waals surface area contributed by atoms with Crippen molar-refractivity contribution in [3.63, 3.8) is 0 Å². The lowest BCUT2D eigenvalue weighted by molar-refractivity contribution is -0.163. The average Bonchev–Trinajstić information content (AvgIpc) is 3.67. The molecular weight excluding hydrogens is 652 g/mol. The molecule has 2 unspecified atom stereocenters. The van der Waals surface area contributed by atoms with E-state index >= 15 is 0 Å². The lowest BCUT2D eigenvalue weighted by atomic mass is 9.59. The summed E-state index contributed by atoms with van der Waals surface area (Å²) < 4.78 is 0.864. The molecule has 1 aliphatic heterocycles. The zero-order chi connectivity index (χ0) is 33.6. The van der Waals surface area contributed by atoms with Gasteiger partial charge in [-0.1, -0.05) is 73.1 Å². The van der Waals surface area contributed by atoms with E-state index in [-0.39, 0.29) is 31.2 Å². The Morgan fingerprint density at radius 2 is 1.67 bits per heavy atom. The molecule has 3 aromatic rings. The number of likely N-dealkylation sites (N-methyl/N-ethyl adjacent to an activating group) is 1. The molecule has 1 aliphatic carbocycles. The largest absolute Gasteiger partial charge is 0.481 e. The fraction of sp³-hybridized carbons (Fsp3) is 0.486. The monoisotopic (exact) mass is 694 g/mol. The van der Waals surface area contributed by atoms with Gasteiger partial charge in [0.15, 0.2) is 0 Å². The van der Waals surface area contributed by atoms with Crippen molar-refractivity contribution in [2.75, 3.05) is 13.6 Å². The highest BCUT2D eigenvalue weighted by atomic mass is 79.9. The van der Waals surface area contributed by atoms with E-state index in [0.717, 1.165) is 26.5 Å². The number of carbonyl (C=O) groups excluding carboxylic acids is 3. The third-order valence-corrected chi connectivity index (χ3v) is 11.9. The number of carboxylic acids is 1. The molecule has 46 heavy (non-hydrogen) atoms. The van der Waals surface area contributed by atoms with Gasteiger partial charge in [-0.15, -0.1) is 0 Å². The van der Waals surface area contributed by atoms with Gasteiger partial charge in [-0.2, -0.15) is 0 Å². The summed E-state index contributed by atoms with van der Waals surface area (Å²) in [6.45, 7) is 7.29. The molecule has 2 fully saturated rings. The van der Waals surface area contributed by atoms with Gasteiger partial charge in [0.25, 0.3) is 0 Å². The molecule has 4 N–H and O–H groups in total. The van der Waals surface area contributed by atoms with Crippen LogP contribution in [0.4, 0.5) is 0 Å². The molecule has 2 heterocycles. The van der Waals surface area contributed by atoms with Gasteiger partial charge >= 0.3 is 5.97 Å². The Kier molecular flexibility index (Phi) is 9.13. The van der Waals surface area contributed by atoms with Crippen LogP contribution in [0.2, 0.25) is 0 Å². The van der Waals surface area contributed by atoms with E-state index in [2.05, 4.69) is 26.2 Å². The molecule has 5 atom stereocenters. The first-order chi connectivity index (χ1) is 21.6. The van der Waals surface area contributed by atoms with Crippen LogP contribution in [0.5, 0.6) is 0 Å². The number of rotatable bonds is 9. The summed E-state index contributed by atoms with van der Waals surface area (Å²) in [5, 5.41) is 24.7. The second-order valence-electron chi connectivity index (χ2n) is 13.9. The third-order valence-electron chi connectivity index (χ3n) is 11.1. The third kappa shape index (κ3) is 5.72. The molecule has 0 spiro atoms. The number of nitrogens with zero attached hydrogens (tertiary/aromatic N) is 2. The van der Waals surface area contributed by atoms with Crippen LogP contribution in [0.3, 0.4) is 0 Å². The molecule has 10 nitrogen and oxygen atoms in total. The summed E-state index contributed by atoms with van der Waals surface area (Å²) in [6.07, 6.45) is 1.78. The highest BCUT2D eigenvalue weighted by Crippen LogP contribution is 2.63. The number of nitrogens with one attached hydrogen (secondary N) is 2. The first-order valence-corrected chi connectivity index (χ1v) is 16.5. The minimum absolute atomic E-state index is 0.0189. The number of para-hydroxylation sites is 1.